The Morgan fingerprint density at radius 3 is 2.33 bits per heavy atom. The van der Waals surface area contributed by atoms with Gasteiger partial charge in [-0.25, -0.2) is 0 Å². The minimum Gasteiger partial charge on any atom is -0.395 e. The van der Waals surface area contributed by atoms with Crippen molar-refractivity contribution in [3.05, 3.63) is 34.3 Å². The Morgan fingerprint density at radius 1 is 1.14 bits per heavy atom. The second-order valence-electron chi connectivity index (χ2n) is 4.21. The number of hydrogen-bond acceptors (Lipinski definition) is 4. The van der Waals surface area contributed by atoms with Crippen molar-refractivity contribution in [3.8, 4) is 11.8 Å². The van der Waals surface area contributed by atoms with Gasteiger partial charge in [-0.1, -0.05) is 23.4 Å². The molecule has 0 radical (unpaired) electrons. The van der Waals surface area contributed by atoms with E-state index in [1.807, 2.05) is 0 Å². The van der Waals surface area contributed by atoms with E-state index in [1.165, 1.54) is 11.0 Å². The van der Waals surface area contributed by atoms with Crippen LogP contribution in [0.1, 0.15) is 22.3 Å². The fourth-order valence-corrected chi connectivity index (χ4v) is 1.93. The first-order valence-electron chi connectivity index (χ1n) is 6.54. The highest BCUT2D eigenvalue weighted by atomic mass is 35.5. The average Bonchev–Trinajstić information content (AvgIpc) is 2.48. The molecule has 0 saturated heterocycles. The number of carbonyl (C=O) groups excluding carboxylic acids is 1. The first-order valence-corrected chi connectivity index (χ1v) is 6.92. The molecule has 1 rings (SSSR count). The molecular weight excluding hydrogens is 294 g/mol. The monoisotopic (exact) mass is 311 g/mol. The van der Waals surface area contributed by atoms with Crippen LogP contribution in [-0.4, -0.2) is 59.0 Å². The number of aliphatic hydroxyl groups is 3. The summed E-state index contributed by atoms with van der Waals surface area (Å²) in [5.41, 5.74) is 0.951. The molecule has 0 fully saturated rings. The molecule has 3 N–H and O–H groups in total. The lowest BCUT2D eigenvalue weighted by Gasteiger charge is -2.20. The first kappa shape index (κ1) is 17.5. The molecule has 1 amide bonds. The fourth-order valence-electron chi connectivity index (χ4n) is 1.70. The minimum atomic E-state index is -0.310. The normalized spacial score (nSPS) is 9.90. The third-order valence-electron chi connectivity index (χ3n) is 2.70. The van der Waals surface area contributed by atoms with Gasteiger partial charge < -0.3 is 20.2 Å². The molecule has 0 bridgehead atoms. The van der Waals surface area contributed by atoms with Crippen LogP contribution in [0, 0.1) is 11.8 Å². The molecule has 1 aromatic carbocycles. The molecule has 0 aliphatic carbocycles. The third-order valence-corrected chi connectivity index (χ3v) is 3.02. The highest BCUT2D eigenvalue weighted by molar-refractivity contribution is 6.32. The van der Waals surface area contributed by atoms with Crippen LogP contribution in [-0.2, 0) is 0 Å². The lowest BCUT2D eigenvalue weighted by Crippen LogP contribution is -2.35. The molecule has 0 unspecified atom stereocenters. The maximum absolute atomic E-state index is 12.2. The van der Waals surface area contributed by atoms with Crippen LogP contribution >= 0.6 is 11.6 Å². The van der Waals surface area contributed by atoms with Gasteiger partial charge in [0.25, 0.3) is 5.91 Å². The molecular formula is C15H18ClNO4. The molecule has 1 aromatic rings. The number of amides is 1. The zero-order valence-corrected chi connectivity index (χ0v) is 12.3. The molecule has 0 atom stereocenters. The molecule has 0 spiro atoms. The van der Waals surface area contributed by atoms with E-state index in [-0.39, 0.29) is 38.8 Å². The van der Waals surface area contributed by atoms with Gasteiger partial charge in [0.15, 0.2) is 0 Å². The van der Waals surface area contributed by atoms with Crippen molar-refractivity contribution in [3.63, 3.8) is 0 Å². The van der Waals surface area contributed by atoms with Gasteiger partial charge in [0.1, 0.15) is 0 Å². The topological polar surface area (TPSA) is 81.0 Å². The molecule has 6 heteroatoms. The summed E-state index contributed by atoms with van der Waals surface area (Å²) in [7, 11) is 0. The minimum absolute atomic E-state index is 0.0154. The lowest BCUT2D eigenvalue weighted by atomic mass is 10.1. The van der Waals surface area contributed by atoms with Crippen LogP contribution in [0.2, 0.25) is 5.02 Å². The zero-order valence-electron chi connectivity index (χ0n) is 11.5. The second-order valence-corrected chi connectivity index (χ2v) is 4.62. The van der Waals surface area contributed by atoms with E-state index in [9.17, 15) is 4.79 Å². The van der Waals surface area contributed by atoms with Crippen molar-refractivity contribution in [2.24, 2.45) is 0 Å². The quantitative estimate of drug-likeness (QED) is 0.668. The summed E-state index contributed by atoms with van der Waals surface area (Å²) >= 11 is 6.08. The maximum Gasteiger partial charge on any atom is 0.254 e. The standard InChI is InChI=1S/C15H18ClNO4/c16-14-11-13(5-4-12(14)3-1-2-8-18)15(21)17(6-9-19)7-10-20/h4-5,11,18-20H,2,6-10H2. The van der Waals surface area contributed by atoms with Gasteiger partial charge in [0.2, 0.25) is 0 Å². The number of hydrogen-bond donors (Lipinski definition) is 3. The third kappa shape index (κ3) is 5.37. The van der Waals surface area contributed by atoms with Gasteiger partial charge in [-0.3, -0.25) is 4.79 Å². The molecule has 5 nitrogen and oxygen atoms in total. The largest absolute Gasteiger partial charge is 0.395 e. The summed E-state index contributed by atoms with van der Waals surface area (Å²) in [4.78, 5) is 13.6. The molecule has 0 heterocycles. The predicted molar refractivity (Wildman–Crippen MR) is 80.1 cm³/mol. The Morgan fingerprint density at radius 2 is 1.81 bits per heavy atom. The maximum atomic E-state index is 12.2. The second kappa shape index (κ2) is 9.37. The summed E-state index contributed by atoms with van der Waals surface area (Å²) in [6.07, 6.45) is 0.359. The number of rotatable bonds is 6. The smallest absolute Gasteiger partial charge is 0.254 e. The molecule has 0 aromatic heterocycles. The zero-order chi connectivity index (χ0) is 15.7. The Balaban J connectivity index is 2.91. The van der Waals surface area contributed by atoms with Crippen molar-refractivity contribution >= 4 is 17.5 Å². The average molecular weight is 312 g/mol. The number of benzene rings is 1. The first-order chi connectivity index (χ1) is 10.1. The highest BCUT2D eigenvalue weighted by Gasteiger charge is 2.15. The number of aliphatic hydroxyl groups excluding tert-OH is 3. The van der Waals surface area contributed by atoms with Gasteiger partial charge in [-0.05, 0) is 18.2 Å². The van der Waals surface area contributed by atoms with E-state index >= 15 is 0 Å². The summed E-state index contributed by atoms with van der Waals surface area (Å²) in [6.45, 7) is -0.0724. The van der Waals surface area contributed by atoms with Gasteiger partial charge in [-0.15, -0.1) is 0 Å². The van der Waals surface area contributed by atoms with E-state index in [0.717, 1.165) is 0 Å². The van der Waals surface area contributed by atoms with Crippen molar-refractivity contribution in [1.82, 2.24) is 4.90 Å². The Bertz CT molecular complexity index is 530. The fraction of sp³-hybridized carbons (Fsp3) is 0.400. The van der Waals surface area contributed by atoms with Crippen LogP contribution in [0.15, 0.2) is 18.2 Å². The summed E-state index contributed by atoms with van der Waals surface area (Å²) < 4.78 is 0. The molecule has 0 aliphatic heterocycles. The van der Waals surface area contributed by atoms with Crippen LogP contribution in [0.3, 0.4) is 0 Å². The van der Waals surface area contributed by atoms with Gasteiger partial charge in [-0.2, -0.15) is 0 Å². The number of nitrogens with zero attached hydrogens (tertiary/aromatic N) is 1. The van der Waals surface area contributed by atoms with Crippen molar-refractivity contribution in [2.45, 2.75) is 6.42 Å². The molecule has 0 saturated carbocycles. The van der Waals surface area contributed by atoms with Crippen LogP contribution in [0.5, 0.6) is 0 Å². The van der Waals surface area contributed by atoms with Crippen LogP contribution < -0.4 is 0 Å². The number of carbonyl (C=O) groups is 1. The van der Waals surface area contributed by atoms with Crippen molar-refractivity contribution in [2.75, 3.05) is 32.9 Å². The predicted octanol–water partition coefficient (Wildman–Crippen LogP) is 0.501. The van der Waals surface area contributed by atoms with Gasteiger partial charge in [0, 0.05) is 30.6 Å². The van der Waals surface area contributed by atoms with E-state index < -0.39 is 0 Å². The van der Waals surface area contributed by atoms with Crippen LogP contribution in [0.4, 0.5) is 0 Å². The summed E-state index contributed by atoms with van der Waals surface area (Å²) in [5, 5.41) is 26.9. The number of halogens is 1. The Kier molecular flexibility index (Phi) is 7.80. The van der Waals surface area contributed by atoms with Crippen molar-refractivity contribution < 1.29 is 20.1 Å². The Hall–Kier alpha value is -1.58. The molecule has 114 valence electrons. The van der Waals surface area contributed by atoms with Gasteiger partial charge >= 0.3 is 0 Å². The summed E-state index contributed by atoms with van der Waals surface area (Å²) in [6, 6.07) is 4.74. The molecule has 0 aliphatic rings. The Labute approximate surface area is 128 Å². The lowest BCUT2D eigenvalue weighted by molar-refractivity contribution is 0.0685. The SMILES string of the molecule is O=C(c1ccc(C#CCCO)c(Cl)c1)N(CCO)CCO. The van der Waals surface area contributed by atoms with Gasteiger partial charge in [0.05, 0.1) is 24.8 Å². The highest BCUT2D eigenvalue weighted by Crippen LogP contribution is 2.18. The van der Waals surface area contributed by atoms with E-state index in [0.29, 0.717) is 22.6 Å². The van der Waals surface area contributed by atoms with E-state index in [2.05, 4.69) is 11.8 Å². The van der Waals surface area contributed by atoms with E-state index in [1.54, 1.807) is 12.1 Å². The summed E-state index contributed by atoms with van der Waals surface area (Å²) in [5.74, 6) is 5.26. The van der Waals surface area contributed by atoms with E-state index in [4.69, 9.17) is 26.9 Å². The van der Waals surface area contributed by atoms with Crippen LogP contribution in [0.25, 0.3) is 0 Å². The molecule has 21 heavy (non-hydrogen) atoms. The van der Waals surface area contributed by atoms with Crippen molar-refractivity contribution in [1.29, 1.82) is 0 Å².